The molecule has 31 heavy (non-hydrogen) atoms. The van der Waals surface area contributed by atoms with E-state index in [-0.39, 0.29) is 6.61 Å². The van der Waals surface area contributed by atoms with Crippen LogP contribution in [-0.4, -0.2) is 18.5 Å². The first-order valence-corrected chi connectivity index (χ1v) is 10.8. The van der Waals surface area contributed by atoms with Crippen LogP contribution >= 0.6 is 23.4 Å². The Bertz CT molecular complexity index is 1100. The van der Waals surface area contributed by atoms with E-state index in [1.807, 2.05) is 62.4 Å². The average molecular weight is 454 g/mol. The SMILES string of the molecule is Cc1cc(OCC(=O)NNC(=O)N2c3ccccc3Sc3ccccc32)cc(C)c1Cl. The fourth-order valence-electron chi connectivity index (χ4n) is 3.28. The number of hydrogen-bond donors (Lipinski definition) is 2. The number of fused-ring (bicyclic) bond motifs is 2. The topological polar surface area (TPSA) is 70.7 Å². The Hall–Kier alpha value is -3.16. The number of carbonyl (C=O) groups is 2. The molecular formula is C23H20ClN3O3S. The first-order valence-electron chi connectivity index (χ1n) is 9.58. The van der Waals surface area contributed by atoms with E-state index in [0.29, 0.717) is 10.8 Å². The quantitative estimate of drug-likeness (QED) is 0.522. The van der Waals surface area contributed by atoms with E-state index in [1.165, 1.54) is 0 Å². The van der Waals surface area contributed by atoms with Gasteiger partial charge in [-0.05, 0) is 61.4 Å². The molecule has 0 saturated heterocycles. The number of hydrogen-bond acceptors (Lipinski definition) is 4. The normalized spacial score (nSPS) is 11.9. The van der Waals surface area contributed by atoms with Gasteiger partial charge in [0.05, 0.1) is 11.4 Å². The predicted molar refractivity (Wildman–Crippen MR) is 122 cm³/mol. The maximum Gasteiger partial charge on any atom is 0.345 e. The van der Waals surface area contributed by atoms with Crippen molar-refractivity contribution < 1.29 is 14.3 Å². The molecule has 1 aliphatic heterocycles. The molecule has 0 unspecified atom stereocenters. The summed E-state index contributed by atoms with van der Waals surface area (Å²) in [5.41, 5.74) is 8.13. The largest absolute Gasteiger partial charge is 0.484 e. The summed E-state index contributed by atoms with van der Waals surface area (Å²) in [7, 11) is 0. The molecule has 6 nitrogen and oxygen atoms in total. The number of halogens is 1. The van der Waals surface area contributed by atoms with Crippen molar-refractivity contribution in [3.63, 3.8) is 0 Å². The first kappa shape index (κ1) is 21.1. The number of ether oxygens (including phenoxy) is 1. The second-order valence-electron chi connectivity index (χ2n) is 7.01. The molecule has 0 aliphatic carbocycles. The fraction of sp³-hybridized carbons (Fsp3) is 0.130. The highest BCUT2D eigenvalue weighted by atomic mass is 35.5. The van der Waals surface area contributed by atoms with Crippen LogP contribution in [0.3, 0.4) is 0 Å². The van der Waals surface area contributed by atoms with Crippen molar-refractivity contribution in [2.75, 3.05) is 11.5 Å². The maximum atomic E-state index is 13.0. The van der Waals surface area contributed by atoms with Crippen molar-refractivity contribution in [1.82, 2.24) is 10.9 Å². The molecule has 0 saturated carbocycles. The molecule has 3 aromatic carbocycles. The van der Waals surface area contributed by atoms with Gasteiger partial charge in [0, 0.05) is 14.8 Å². The molecule has 158 valence electrons. The number of rotatable bonds is 3. The Kier molecular flexibility index (Phi) is 6.06. The minimum atomic E-state index is -0.480. The number of anilines is 2. The van der Waals surface area contributed by atoms with Gasteiger partial charge in [0.2, 0.25) is 0 Å². The van der Waals surface area contributed by atoms with E-state index in [0.717, 1.165) is 32.3 Å². The summed E-state index contributed by atoms with van der Waals surface area (Å²) >= 11 is 7.75. The van der Waals surface area contributed by atoms with Crippen LogP contribution in [0, 0.1) is 13.8 Å². The van der Waals surface area contributed by atoms with E-state index < -0.39 is 11.9 Å². The van der Waals surface area contributed by atoms with Crippen LogP contribution in [0.5, 0.6) is 5.75 Å². The lowest BCUT2D eigenvalue weighted by molar-refractivity contribution is -0.123. The lowest BCUT2D eigenvalue weighted by Crippen LogP contribution is -2.49. The molecule has 3 amide bonds. The second kappa shape index (κ2) is 8.91. The molecule has 0 atom stereocenters. The number of nitrogens with zero attached hydrogens (tertiary/aromatic N) is 1. The monoisotopic (exact) mass is 453 g/mol. The van der Waals surface area contributed by atoms with Gasteiger partial charge in [-0.3, -0.25) is 15.1 Å². The number of aryl methyl sites for hydroxylation is 2. The Morgan fingerprint density at radius 2 is 1.48 bits per heavy atom. The van der Waals surface area contributed by atoms with Gasteiger partial charge < -0.3 is 4.74 Å². The summed E-state index contributed by atoms with van der Waals surface area (Å²) in [6.07, 6.45) is 0. The van der Waals surface area contributed by atoms with Gasteiger partial charge in [-0.1, -0.05) is 47.6 Å². The maximum absolute atomic E-state index is 13.0. The minimum Gasteiger partial charge on any atom is -0.484 e. The van der Waals surface area contributed by atoms with Gasteiger partial charge in [-0.25, -0.2) is 10.2 Å². The summed E-state index contributed by atoms with van der Waals surface area (Å²) in [4.78, 5) is 28.7. The van der Waals surface area contributed by atoms with Crippen LogP contribution in [0.15, 0.2) is 70.5 Å². The average Bonchev–Trinajstić information content (AvgIpc) is 2.77. The highest BCUT2D eigenvalue weighted by molar-refractivity contribution is 7.99. The third kappa shape index (κ3) is 4.47. The zero-order chi connectivity index (χ0) is 22.0. The van der Waals surface area contributed by atoms with E-state index in [1.54, 1.807) is 28.8 Å². The lowest BCUT2D eigenvalue weighted by Gasteiger charge is -2.30. The third-order valence-electron chi connectivity index (χ3n) is 4.72. The zero-order valence-corrected chi connectivity index (χ0v) is 18.5. The third-order valence-corrected chi connectivity index (χ3v) is 6.45. The molecule has 8 heteroatoms. The highest BCUT2D eigenvalue weighted by Gasteiger charge is 2.28. The number of hydrazine groups is 1. The van der Waals surface area contributed by atoms with E-state index in [2.05, 4.69) is 10.9 Å². The van der Waals surface area contributed by atoms with Crippen molar-refractivity contribution in [3.8, 4) is 5.75 Å². The standard InChI is InChI=1S/C23H20ClN3O3S/c1-14-11-16(12-15(2)22(14)24)30-13-21(28)25-26-23(29)27-17-7-3-5-9-19(17)31-20-10-6-4-8-18(20)27/h3-12H,13H2,1-2H3,(H,25,28)(H,26,29). The molecule has 4 rings (SSSR count). The fourth-order valence-corrected chi connectivity index (χ4v) is 4.44. The smallest absolute Gasteiger partial charge is 0.345 e. The number of amides is 3. The van der Waals surface area contributed by atoms with Crippen LogP contribution in [0.25, 0.3) is 0 Å². The van der Waals surface area contributed by atoms with Gasteiger partial charge in [-0.2, -0.15) is 0 Å². The highest BCUT2D eigenvalue weighted by Crippen LogP contribution is 2.47. The van der Waals surface area contributed by atoms with Gasteiger partial charge in [0.25, 0.3) is 5.91 Å². The van der Waals surface area contributed by atoms with Gasteiger partial charge in [0.1, 0.15) is 5.75 Å². The van der Waals surface area contributed by atoms with Crippen molar-refractivity contribution >= 4 is 46.7 Å². The number of benzene rings is 3. The molecule has 2 N–H and O–H groups in total. The van der Waals surface area contributed by atoms with Gasteiger partial charge in [-0.15, -0.1) is 0 Å². The van der Waals surface area contributed by atoms with Crippen molar-refractivity contribution in [2.45, 2.75) is 23.6 Å². The number of para-hydroxylation sites is 2. The predicted octanol–water partition coefficient (Wildman–Crippen LogP) is 5.38. The summed E-state index contributed by atoms with van der Waals surface area (Å²) in [5, 5.41) is 0.671. The molecule has 0 aromatic heterocycles. The summed E-state index contributed by atoms with van der Waals surface area (Å²) < 4.78 is 5.54. The lowest BCUT2D eigenvalue weighted by atomic mass is 10.1. The molecular weight excluding hydrogens is 434 g/mol. The van der Waals surface area contributed by atoms with Crippen LogP contribution < -0.4 is 20.5 Å². The van der Waals surface area contributed by atoms with Crippen molar-refractivity contribution in [1.29, 1.82) is 0 Å². The summed E-state index contributed by atoms with van der Waals surface area (Å²) in [5.74, 6) is 0.0587. The van der Waals surface area contributed by atoms with Crippen LogP contribution in [-0.2, 0) is 4.79 Å². The van der Waals surface area contributed by atoms with Crippen LogP contribution in [0.2, 0.25) is 5.02 Å². The molecule has 1 heterocycles. The van der Waals surface area contributed by atoms with Gasteiger partial charge >= 0.3 is 6.03 Å². The Morgan fingerprint density at radius 3 is 2.06 bits per heavy atom. The van der Waals surface area contributed by atoms with E-state index in [9.17, 15) is 9.59 Å². The van der Waals surface area contributed by atoms with Crippen LogP contribution in [0.4, 0.5) is 16.2 Å². The number of nitrogens with one attached hydrogen (secondary N) is 2. The summed E-state index contributed by atoms with van der Waals surface area (Å²) in [6.45, 7) is 3.49. The molecule has 0 spiro atoms. The van der Waals surface area contributed by atoms with E-state index >= 15 is 0 Å². The second-order valence-corrected chi connectivity index (χ2v) is 8.47. The molecule has 3 aromatic rings. The Balaban J connectivity index is 1.42. The summed E-state index contributed by atoms with van der Waals surface area (Å²) in [6, 6.07) is 18.3. The molecule has 0 bridgehead atoms. The molecule has 1 aliphatic rings. The zero-order valence-electron chi connectivity index (χ0n) is 16.9. The van der Waals surface area contributed by atoms with Crippen LogP contribution in [0.1, 0.15) is 11.1 Å². The van der Waals surface area contributed by atoms with Gasteiger partial charge in [0.15, 0.2) is 6.61 Å². The Labute approximate surface area is 189 Å². The van der Waals surface area contributed by atoms with Crippen molar-refractivity contribution in [2.24, 2.45) is 0 Å². The Morgan fingerprint density at radius 1 is 0.935 bits per heavy atom. The minimum absolute atomic E-state index is 0.246. The number of urea groups is 1. The molecule has 0 fully saturated rings. The van der Waals surface area contributed by atoms with Crippen molar-refractivity contribution in [3.05, 3.63) is 76.8 Å². The first-order chi connectivity index (χ1) is 14.9. The number of carbonyl (C=O) groups excluding carboxylic acids is 2. The molecule has 0 radical (unpaired) electrons. The van der Waals surface area contributed by atoms with E-state index in [4.69, 9.17) is 16.3 Å².